The van der Waals surface area contributed by atoms with E-state index in [9.17, 15) is 0 Å². The van der Waals surface area contributed by atoms with E-state index in [1.54, 1.807) is 6.20 Å². The van der Waals surface area contributed by atoms with Gasteiger partial charge in [0.2, 0.25) is 0 Å². The van der Waals surface area contributed by atoms with E-state index >= 15 is 0 Å². The van der Waals surface area contributed by atoms with Crippen molar-refractivity contribution >= 4 is 21.7 Å². The molecule has 3 nitrogen and oxygen atoms in total. The molecular weight excluding hydrogens is 230 g/mol. The molecule has 0 spiro atoms. The van der Waals surface area contributed by atoms with E-state index in [-0.39, 0.29) is 0 Å². The number of hydrogen-bond donors (Lipinski definition) is 1. The number of aromatic nitrogens is 2. The molecule has 0 aliphatic carbocycles. The molecular formula is C9H8BrN3. The summed E-state index contributed by atoms with van der Waals surface area (Å²) in [6.07, 6.45) is 3.60. The standard InChI is InChI=1S/C9H8BrN3/c10-8-4-2-6-13(8)7-3-1-5-12-9(7)11/h1-6H,(H2,11,12). The lowest BCUT2D eigenvalue weighted by molar-refractivity contribution is 1.04. The van der Waals surface area contributed by atoms with Crippen LogP contribution in [-0.4, -0.2) is 9.55 Å². The van der Waals surface area contributed by atoms with Crippen molar-refractivity contribution in [1.29, 1.82) is 0 Å². The third-order valence-electron chi connectivity index (χ3n) is 1.77. The van der Waals surface area contributed by atoms with E-state index in [1.165, 1.54) is 0 Å². The van der Waals surface area contributed by atoms with Gasteiger partial charge in [-0.25, -0.2) is 4.98 Å². The van der Waals surface area contributed by atoms with E-state index in [0.29, 0.717) is 5.82 Å². The van der Waals surface area contributed by atoms with Crippen LogP contribution in [0.5, 0.6) is 0 Å². The van der Waals surface area contributed by atoms with Crippen molar-refractivity contribution in [3.8, 4) is 5.69 Å². The summed E-state index contributed by atoms with van der Waals surface area (Å²) in [6, 6.07) is 7.67. The van der Waals surface area contributed by atoms with Gasteiger partial charge in [0.05, 0.1) is 10.3 Å². The van der Waals surface area contributed by atoms with Crippen molar-refractivity contribution in [1.82, 2.24) is 9.55 Å². The maximum absolute atomic E-state index is 5.73. The van der Waals surface area contributed by atoms with Gasteiger partial charge in [-0.3, -0.25) is 0 Å². The molecule has 0 saturated heterocycles. The minimum absolute atomic E-state index is 0.527. The van der Waals surface area contributed by atoms with Gasteiger partial charge in [-0.15, -0.1) is 0 Å². The average molecular weight is 238 g/mol. The quantitative estimate of drug-likeness (QED) is 0.827. The predicted molar refractivity (Wildman–Crippen MR) is 55.7 cm³/mol. The summed E-state index contributed by atoms with van der Waals surface area (Å²) in [5.74, 6) is 0.527. The Balaban J connectivity index is 2.59. The zero-order chi connectivity index (χ0) is 9.26. The molecule has 0 aliphatic heterocycles. The lowest BCUT2D eigenvalue weighted by Crippen LogP contribution is -2.00. The molecule has 2 aromatic rings. The molecule has 0 unspecified atom stereocenters. The fraction of sp³-hybridized carbons (Fsp3) is 0. The third-order valence-corrected chi connectivity index (χ3v) is 2.42. The van der Waals surface area contributed by atoms with Crippen LogP contribution in [0.4, 0.5) is 5.82 Å². The number of nitrogens with zero attached hydrogens (tertiary/aromatic N) is 2. The molecule has 0 amide bonds. The Kier molecular flexibility index (Phi) is 2.06. The second-order valence-electron chi connectivity index (χ2n) is 2.61. The van der Waals surface area contributed by atoms with Crippen LogP contribution in [0.3, 0.4) is 0 Å². The Hall–Kier alpha value is -1.29. The van der Waals surface area contributed by atoms with Gasteiger partial charge in [0.25, 0.3) is 0 Å². The number of nitrogen functional groups attached to an aromatic ring is 1. The van der Waals surface area contributed by atoms with Crippen molar-refractivity contribution in [2.45, 2.75) is 0 Å². The fourth-order valence-corrected chi connectivity index (χ4v) is 1.63. The Morgan fingerprint density at radius 2 is 2.15 bits per heavy atom. The van der Waals surface area contributed by atoms with Crippen LogP contribution in [-0.2, 0) is 0 Å². The van der Waals surface area contributed by atoms with Gasteiger partial charge in [-0.1, -0.05) is 0 Å². The van der Waals surface area contributed by atoms with Gasteiger partial charge in [0.1, 0.15) is 5.82 Å². The summed E-state index contributed by atoms with van der Waals surface area (Å²) in [4.78, 5) is 4.01. The van der Waals surface area contributed by atoms with Gasteiger partial charge in [-0.2, -0.15) is 0 Å². The molecule has 0 bridgehead atoms. The van der Waals surface area contributed by atoms with Crippen molar-refractivity contribution in [2.24, 2.45) is 0 Å². The Morgan fingerprint density at radius 1 is 1.31 bits per heavy atom. The highest BCUT2D eigenvalue weighted by Gasteiger charge is 2.03. The molecule has 4 heteroatoms. The van der Waals surface area contributed by atoms with Crippen LogP contribution in [0.2, 0.25) is 0 Å². The number of nitrogens with two attached hydrogens (primary N) is 1. The number of anilines is 1. The van der Waals surface area contributed by atoms with E-state index in [2.05, 4.69) is 20.9 Å². The summed E-state index contributed by atoms with van der Waals surface area (Å²) in [7, 11) is 0. The predicted octanol–water partition coefficient (Wildman–Crippen LogP) is 2.22. The first-order valence-corrected chi connectivity index (χ1v) is 4.62. The molecule has 0 aromatic carbocycles. The van der Waals surface area contributed by atoms with Crippen LogP contribution in [0.25, 0.3) is 5.69 Å². The zero-order valence-electron chi connectivity index (χ0n) is 6.81. The number of pyridine rings is 1. The normalized spacial score (nSPS) is 10.2. The van der Waals surface area contributed by atoms with Crippen molar-refractivity contribution in [2.75, 3.05) is 5.73 Å². The third kappa shape index (κ3) is 1.45. The highest BCUT2D eigenvalue weighted by atomic mass is 79.9. The van der Waals surface area contributed by atoms with Gasteiger partial charge in [0.15, 0.2) is 0 Å². The van der Waals surface area contributed by atoms with Crippen molar-refractivity contribution in [3.05, 3.63) is 41.3 Å². The fourth-order valence-electron chi connectivity index (χ4n) is 1.17. The summed E-state index contributed by atoms with van der Waals surface area (Å²) in [5, 5.41) is 0. The summed E-state index contributed by atoms with van der Waals surface area (Å²) in [6.45, 7) is 0. The van der Waals surface area contributed by atoms with Gasteiger partial charge in [-0.05, 0) is 40.2 Å². The lowest BCUT2D eigenvalue weighted by Gasteiger charge is -2.06. The Morgan fingerprint density at radius 3 is 2.77 bits per heavy atom. The second kappa shape index (κ2) is 3.22. The maximum Gasteiger partial charge on any atom is 0.147 e. The molecule has 66 valence electrons. The summed E-state index contributed by atoms with van der Waals surface area (Å²) in [5.41, 5.74) is 6.62. The second-order valence-corrected chi connectivity index (χ2v) is 3.42. The molecule has 2 heterocycles. The number of halogens is 1. The summed E-state index contributed by atoms with van der Waals surface area (Å²) >= 11 is 3.42. The minimum Gasteiger partial charge on any atom is -0.382 e. The van der Waals surface area contributed by atoms with Crippen LogP contribution >= 0.6 is 15.9 Å². The molecule has 0 fully saturated rings. The first-order chi connectivity index (χ1) is 6.29. The molecule has 2 aromatic heterocycles. The molecule has 2 N–H and O–H groups in total. The zero-order valence-corrected chi connectivity index (χ0v) is 8.40. The monoisotopic (exact) mass is 237 g/mol. The van der Waals surface area contributed by atoms with E-state index in [4.69, 9.17) is 5.73 Å². The average Bonchev–Trinajstić information content (AvgIpc) is 2.52. The van der Waals surface area contributed by atoms with Gasteiger partial charge in [0, 0.05) is 12.4 Å². The number of hydrogen-bond acceptors (Lipinski definition) is 2. The van der Waals surface area contributed by atoms with Crippen LogP contribution < -0.4 is 5.73 Å². The lowest BCUT2D eigenvalue weighted by atomic mass is 10.4. The van der Waals surface area contributed by atoms with Gasteiger partial charge < -0.3 is 10.3 Å². The van der Waals surface area contributed by atoms with E-state index in [1.807, 2.05) is 35.0 Å². The molecule has 0 aliphatic rings. The maximum atomic E-state index is 5.73. The van der Waals surface area contributed by atoms with E-state index in [0.717, 1.165) is 10.3 Å². The Bertz CT molecular complexity index is 422. The highest BCUT2D eigenvalue weighted by Crippen LogP contribution is 2.20. The Labute approximate surface area is 84.3 Å². The largest absolute Gasteiger partial charge is 0.382 e. The van der Waals surface area contributed by atoms with Crippen molar-refractivity contribution < 1.29 is 0 Å². The molecule has 13 heavy (non-hydrogen) atoms. The topological polar surface area (TPSA) is 43.8 Å². The van der Waals surface area contributed by atoms with Crippen molar-refractivity contribution in [3.63, 3.8) is 0 Å². The highest BCUT2D eigenvalue weighted by molar-refractivity contribution is 9.10. The van der Waals surface area contributed by atoms with Crippen LogP contribution in [0, 0.1) is 0 Å². The first kappa shape index (κ1) is 8.31. The minimum atomic E-state index is 0.527. The smallest absolute Gasteiger partial charge is 0.147 e. The van der Waals surface area contributed by atoms with Gasteiger partial charge >= 0.3 is 0 Å². The molecule has 0 saturated carbocycles. The van der Waals surface area contributed by atoms with Crippen LogP contribution in [0.1, 0.15) is 0 Å². The van der Waals surface area contributed by atoms with E-state index < -0.39 is 0 Å². The number of rotatable bonds is 1. The van der Waals surface area contributed by atoms with Crippen LogP contribution in [0.15, 0.2) is 41.3 Å². The summed E-state index contributed by atoms with van der Waals surface area (Å²) < 4.78 is 2.90. The molecule has 0 atom stereocenters. The molecule has 0 radical (unpaired) electrons. The SMILES string of the molecule is Nc1ncccc1-n1cccc1Br. The first-order valence-electron chi connectivity index (χ1n) is 3.83. The molecule has 2 rings (SSSR count).